The van der Waals surface area contributed by atoms with Crippen molar-refractivity contribution in [1.29, 1.82) is 0 Å². The first kappa shape index (κ1) is 21.3. The van der Waals surface area contributed by atoms with Crippen LogP contribution in [0.3, 0.4) is 0 Å². The number of hydrogen-bond donors (Lipinski definition) is 1. The number of nitrogens with one attached hydrogen (secondary N) is 1. The van der Waals surface area contributed by atoms with Crippen LogP contribution in [0.15, 0.2) is 28.7 Å². The molecule has 0 saturated carbocycles. The first-order valence-electron chi connectivity index (χ1n) is 9.87. The monoisotopic (exact) mass is 410 g/mol. The Labute approximate surface area is 167 Å². The summed E-state index contributed by atoms with van der Waals surface area (Å²) in [5.41, 5.74) is 2.01. The van der Waals surface area contributed by atoms with Crippen molar-refractivity contribution in [3.05, 3.63) is 41.6 Å². The van der Waals surface area contributed by atoms with Gasteiger partial charge in [-0.15, -0.1) is 10.2 Å². The molecule has 0 radical (unpaired) electrons. The molecule has 158 valence electrons. The van der Waals surface area contributed by atoms with Crippen LogP contribution < -0.4 is 5.32 Å². The molecule has 1 aromatic carbocycles. The summed E-state index contributed by atoms with van der Waals surface area (Å²) >= 11 is 0. The highest BCUT2D eigenvalue weighted by Crippen LogP contribution is 2.32. The second kappa shape index (κ2) is 9.39. The molecule has 1 aliphatic rings. The van der Waals surface area contributed by atoms with Gasteiger partial charge in [0.25, 0.3) is 0 Å². The van der Waals surface area contributed by atoms with E-state index in [0.717, 1.165) is 24.9 Å². The summed E-state index contributed by atoms with van der Waals surface area (Å²) in [5, 5.41) is 9.51. The number of anilines is 1. The van der Waals surface area contributed by atoms with Crippen molar-refractivity contribution in [3.63, 3.8) is 0 Å². The van der Waals surface area contributed by atoms with Crippen molar-refractivity contribution in [2.75, 3.05) is 25.0 Å². The van der Waals surface area contributed by atoms with Gasteiger partial charge in [0.1, 0.15) is 0 Å². The van der Waals surface area contributed by atoms with Gasteiger partial charge in [-0.25, -0.2) is 0 Å². The van der Waals surface area contributed by atoms with Crippen LogP contribution in [0, 0.1) is 0 Å². The number of carbonyl (C=O) groups is 1. The van der Waals surface area contributed by atoms with E-state index >= 15 is 0 Å². The van der Waals surface area contributed by atoms with Gasteiger partial charge in [0.15, 0.2) is 0 Å². The molecule has 2 aromatic rings. The van der Waals surface area contributed by atoms with E-state index < -0.39 is 12.1 Å². The minimum absolute atomic E-state index is 0.0181. The fourth-order valence-corrected chi connectivity index (χ4v) is 3.39. The Morgan fingerprint density at radius 1 is 1.21 bits per heavy atom. The molecule has 1 amide bonds. The van der Waals surface area contributed by atoms with Crippen LogP contribution >= 0.6 is 0 Å². The summed E-state index contributed by atoms with van der Waals surface area (Å²) in [4.78, 5) is 14.3. The third-order valence-electron chi connectivity index (χ3n) is 5.04. The highest BCUT2D eigenvalue weighted by molar-refractivity contribution is 5.92. The number of benzene rings is 1. The molecule has 0 bridgehead atoms. The maximum Gasteiger partial charge on any atom is 0.470 e. The Balaban J connectivity index is 1.44. The fraction of sp³-hybridized carbons (Fsp3) is 0.550. The smallest absolute Gasteiger partial charge is 0.417 e. The molecule has 9 heteroatoms. The quantitative estimate of drug-likeness (QED) is 0.739. The molecule has 1 aliphatic heterocycles. The second-order valence-corrected chi connectivity index (χ2v) is 7.34. The molecule has 1 fully saturated rings. The highest BCUT2D eigenvalue weighted by Gasteiger charge is 2.39. The van der Waals surface area contributed by atoms with Crippen LogP contribution in [0.25, 0.3) is 0 Å². The number of piperidine rings is 1. The van der Waals surface area contributed by atoms with Gasteiger partial charge >= 0.3 is 12.1 Å². The van der Waals surface area contributed by atoms with Crippen LogP contribution in [-0.2, 0) is 17.4 Å². The summed E-state index contributed by atoms with van der Waals surface area (Å²) in [7, 11) is 0. The van der Waals surface area contributed by atoms with E-state index in [1.165, 1.54) is 5.56 Å². The van der Waals surface area contributed by atoms with Gasteiger partial charge in [-0.3, -0.25) is 9.69 Å². The molecule has 0 atom stereocenters. The highest BCUT2D eigenvalue weighted by atomic mass is 19.4. The topological polar surface area (TPSA) is 71.3 Å². The van der Waals surface area contributed by atoms with E-state index in [9.17, 15) is 18.0 Å². The number of halogens is 3. The van der Waals surface area contributed by atoms with Crippen molar-refractivity contribution in [1.82, 2.24) is 15.1 Å². The number of aryl methyl sites for hydroxylation is 1. The zero-order chi connectivity index (χ0) is 20.9. The lowest BCUT2D eigenvalue weighted by Gasteiger charge is -2.29. The lowest BCUT2D eigenvalue weighted by atomic mass is 9.97. The summed E-state index contributed by atoms with van der Waals surface area (Å²) in [6.45, 7) is 3.55. The van der Waals surface area contributed by atoms with Crippen LogP contribution in [0.4, 0.5) is 18.9 Å². The van der Waals surface area contributed by atoms with Crippen molar-refractivity contribution < 1.29 is 22.4 Å². The van der Waals surface area contributed by atoms with Gasteiger partial charge in [0, 0.05) is 11.6 Å². The standard InChI is InChI=1S/C20H25F3N4O2/c1-2-3-4-14-5-7-16(8-6-14)24-17(28)13-27-11-9-15(10-12-27)18-25-26-19(29-18)20(21,22)23/h5-8,15H,2-4,9-13H2,1H3,(H,24,28). The first-order valence-corrected chi connectivity index (χ1v) is 9.87. The summed E-state index contributed by atoms with van der Waals surface area (Å²) in [6.07, 6.45) is -0.172. The predicted octanol–water partition coefficient (Wildman–Crippen LogP) is 4.25. The molecule has 0 aliphatic carbocycles. The van der Waals surface area contributed by atoms with E-state index in [0.29, 0.717) is 25.9 Å². The Hall–Kier alpha value is -2.42. The normalized spacial score (nSPS) is 16.1. The van der Waals surface area contributed by atoms with Crippen molar-refractivity contribution in [3.8, 4) is 0 Å². The molecule has 29 heavy (non-hydrogen) atoms. The zero-order valence-electron chi connectivity index (χ0n) is 16.3. The second-order valence-electron chi connectivity index (χ2n) is 7.34. The van der Waals surface area contributed by atoms with Gasteiger partial charge < -0.3 is 9.73 Å². The molecule has 0 unspecified atom stereocenters. The fourth-order valence-electron chi connectivity index (χ4n) is 3.39. The maximum atomic E-state index is 12.6. The van der Waals surface area contributed by atoms with Gasteiger partial charge in [-0.1, -0.05) is 25.5 Å². The Kier molecular flexibility index (Phi) is 6.89. The van der Waals surface area contributed by atoms with Gasteiger partial charge in [0.2, 0.25) is 11.8 Å². The number of likely N-dealkylation sites (tertiary alicyclic amines) is 1. The molecular formula is C20H25F3N4O2. The van der Waals surface area contributed by atoms with Gasteiger partial charge in [0.05, 0.1) is 6.54 Å². The number of unbranched alkanes of at least 4 members (excludes halogenated alkanes) is 1. The predicted molar refractivity (Wildman–Crippen MR) is 101 cm³/mol. The van der Waals surface area contributed by atoms with Crippen LogP contribution in [0.1, 0.15) is 55.9 Å². The van der Waals surface area contributed by atoms with Gasteiger partial charge in [-0.2, -0.15) is 13.2 Å². The molecule has 3 rings (SSSR count). The average molecular weight is 410 g/mol. The average Bonchev–Trinajstić information content (AvgIpc) is 3.19. The summed E-state index contributed by atoms with van der Waals surface area (Å²) in [6, 6.07) is 7.86. The molecular weight excluding hydrogens is 385 g/mol. The van der Waals surface area contributed by atoms with E-state index in [-0.39, 0.29) is 24.3 Å². The van der Waals surface area contributed by atoms with Crippen LogP contribution in [0.2, 0.25) is 0 Å². The minimum Gasteiger partial charge on any atom is -0.417 e. The Bertz CT molecular complexity index is 797. The molecule has 0 spiro atoms. The largest absolute Gasteiger partial charge is 0.470 e. The molecule has 2 heterocycles. The summed E-state index contributed by atoms with van der Waals surface area (Å²) < 4.78 is 42.5. The number of aromatic nitrogens is 2. The maximum absolute atomic E-state index is 12.6. The number of amides is 1. The SMILES string of the molecule is CCCCc1ccc(NC(=O)CN2CCC(c3nnc(C(F)(F)F)o3)CC2)cc1. The zero-order valence-corrected chi connectivity index (χ0v) is 16.3. The molecule has 1 aromatic heterocycles. The van der Waals surface area contributed by atoms with Crippen molar-refractivity contribution >= 4 is 11.6 Å². The summed E-state index contributed by atoms with van der Waals surface area (Å²) in [5.74, 6) is -1.62. The van der Waals surface area contributed by atoms with Crippen LogP contribution in [0.5, 0.6) is 0 Å². The Morgan fingerprint density at radius 3 is 2.48 bits per heavy atom. The van der Waals surface area contributed by atoms with E-state index in [1.807, 2.05) is 29.2 Å². The first-order chi connectivity index (χ1) is 13.8. The van der Waals surface area contributed by atoms with E-state index in [2.05, 4.69) is 22.4 Å². The van der Waals surface area contributed by atoms with E-state index in [4.69, 9.17) is 4.42 Å². The number of rotatable bonds is 7. The van der Waals surface area contributed by atoms with Crippen molar-refractivity contribution in [2.45, 2.75) is 51.1 Å². The minimum atomic E-state index is -4.63. The third-order valence-corrected chi connectivity index (χ3v) is 5.04. The molecule has 6 nitrogen and oxygen atoms in total. The third kappa shape index (κ3) is 6.03. The number of nitrogens with zero attached hydrogens (tertiary/aromatic N) is 3. The molecule has 1 saturated heterocycles. The lowest BCUT2D eigenvalue weighted by molar-refractivity contribution is -0.157. The van der Waals surface area contributed by atoms with Crippen molar-refractivity contribution in [2.24, 2.45) is 0 Å². The Morgan fingerprint density at radius 2 is 1.90 bits per heavy atom. The lowest BCUT2D eigenvalue weighted by Crippen LogP contribution is -2.38. The molecule has 1 N–H and O–H groups in total. The number of carbonyl (C=O) groups excluding carboxylic acids is 1. The number of alkyl halides is 3. The van der Waals surface area contributed by atoms with Crippen LogP contribution in [-0.4, -0.2) is 40.6 Å². The number of hydrogen-bond acceptors (Lipinski definition) is 5. The van der Waals surface area contributed by atoms with E-state index in [1.54, 1.807) is 0 Å². The van der Waals surface area contributed by atoms with Gasteiger partial charge in [-0.05, 0) is 56.5 Å².